The van der Waals surface area contributed by atoms with E-state index >= 15 is 0 Å². The molecule has 206 valence electrons. The number of pyridine rings is 1. The quantitative estimate of drug-likeness (QED) is 0.439. The van der Waals surface area contributed by atoms with Crippen LogP contribution in [0, 0.1) is 0 Å². The molecule has 0 spiro atoms. The first-order valence-corrected chi connectivity index (χ1v) is 13.8. The Morgan fingerprint density at radius 3 is 2.75 bits per heavy atom. The minimum Gasteiger partial charge on any atom is -0.487 e. The number of piperazine rings is 1. The molecule has 10 heteroatoms. The van der Waals surface area contributed by atoms with E-state index in [-0.39, 0.29) is 30.0 Å². The second kappa shape index (κ2) is 10.1. The molecule has 2 aromatic carbocycles. The fourth-order valence-corrected chi connectivity index (χ4v) is 5.83. The van der Waals surface area contributed by atoms with Crippen molar-refractivity contribution >= 4 is 23.4 Å². The fraction of sp³-hybridized carbons (Fsp3) is 0.367. The van der Waals surface area contributed by atoms with Gasteiger partial charge in [-0.05, 0) is 55.4 Å². The van der Waals surface area contributed by atoms with Crippen molar-refractivity contribution in [3.63, 3.8) is 0 Å². The number of fused-ring (bicyclic) bond motifs is 4. The predicted octanol–water partition coefficient (Wildman–Crippen LogP) is 3.55. The first kappa shape index (κ1) is 24.9. The van der Waals surface area contributed by atoms with Gasteiger partial charge in [-0.15, -0.1) is 0 Å². The maximum Gasteiger partial charge on any atom is 0.319 e. The van der Waals surface area contributed by atoms with Crippen LogP contribution < -0.4 is 25.4 Å². The number of amides is 3. The minimum atomic E-state index is -0.241. The molecule has 10 nitrogen and oxygen atoms in total. The fourth-order valence-electron chi connectivity index (χ4n) is 5.83. The van der Waals surface area contributed by atoms with Gasteiger partial charge in [-0.2, -0.15) is 0 Å². The zero-order valence-electron chi connectivity index (χ0n) is 22.4. The van der Waals surface area contributed by atoms with E-state index in [4.69, 9.17) is 9.47 Å². The summed E-state index contributed by atoms with van der Waals surface area (Å²) < 4.78 is 12.3. The van der Waals surface area contributed by atoms with Gasteiger partial charge in [0.1, 0.15) is 29.2 Å². The summed E-state index contributed by atoms with van der Waals surface area (Å²) in [7, 11) is 2.16. The van der Waals surface area contributed by atoms with E-state index in [0.717, 1.165) is 55.3 Å². The lowest BCUT2D eigenvalue weighted by atomic mass is 10.1. The van der Waals surface area contributed by atoms with Gasteiger partial charge in [0.05, 0.1) is 12.0 Å². The molecule has 1 saturated heterocycles. The number of nitrogens with one attached hydrogen (secondary N) is 3. The maximum atomic E-state index is 12.8. The minimum absolute atomic E-state index is 0.0348. The first-order chi connectivity index (χ1) is 19.5. The molecule has 3 aromatic rings. The van der Waals surface area contributed by atoms with Crippen LogP contribution in [0.5, 0.6) is 17.2 Å². The Bertz CT molecular complexity index is 1450. The molecule has 1 aliphatic carbocycles. The molecule has 4 aliphatic rings. The van der Waals surface area contributed by atoms with Crippen molar-refractivity contribution in [2.45, 2.75) is 37.5 Å². The highest BCUT2D eigenvalue weighted by Gasteiger charge is 2.59. The van der Waals surface area contributed by atoms with E-state index in [9.17, 15) is 9.59 Å². The molecule has 1 aromatic heterocycles. The standard InChI is InChI=1S/C30H32N6O4/c1-35-12-14-36(15-13-35)17-18-2-4-19(5-3-18)32-30(38)34-27-26-22-16-20(6-8-23(22)40-28(26)27)39-24-10-11-31-29-21(24)7-9-25(37)33-29/h2-6,8,10-11,16,26-28H,7,9,12-15,17H2,1H3,(H,31,33,37)(H2,32,34,38)/t26-,27-,28?/m0/s1. The van der Waals surface area contributed by atoms with Crippen molar-refractivity contribution in [1.82, 2.24) is 20.1 Å². The number of urea groups is 1. The number of ether oxygens (including phenoxy) is 2. The highest BCUT2D eigenvalue weighted by molar-refractivity contribution is 5.93. The lowest BCUT2D eigenvalue weighted by Gasteiger charge is -2.32. The zero-order chi connectivity index (χ0) is 27.2. The van der Waals surface area contributed by atoms with Crippen LogP contribution in [0.3, 0.4) is 0 Å². The third kappa shape index (κ3) is 4.96. The molecule has 3 amide bonds. The second-order valence-electron chi connectivity index (χ2n) is 11.0. The van der Waals surface area contributed by atoms with E-state index < -0.39 is 0 Å². The van der Waals surface area contributed by atoms with Gasteiger partial charge in [0.25, 0.3) is 0 Å². The number of benzene rings is 2. The van der Waals surface area contributed by atoms with Gasteiger partial charge in [-0.3, -0.25) is 9.69 Å². The van der Waals surface area contributed by atoms with Gasteiger partial charge in [0.2, 0.25) is 5.91 Å². The van der Waals surface area contributed by atoms with Gasteiger partial charge in [-0.1, -0.05) is 12.1 Å². The van der Waals surface area contributed by atoms with E-state index in [1.165, 1.54) is 5.56 Å². The molecule has 2 fully saturated rings. The lowest BCUT2D eigenvalue weighted by Crippen LogP contribution is -2.43. The Morgan fingerprint density at radius 1 is 1.10 bits per heavy atom. The summed E-state index contributed by atoms with van der Waals surface area (Å²) in [6, 6.07) is 15.3. The van der Waals surface area contributed by atoms with E-state index in [1.54, 1.807) is 6.20 Å². The van der Waals surface area contributed by atoms with E-state index in [1.807, 2.05) is 36.4 Å². The van der Waals surface area contributed by atoms with Crippen LogP contribution >= 0.6 is 0 Å². The molecule has 1 saturated carbocycles. The number of hydrogen-bond acceptors (Lipinski definition) is 7. The molecule has 4 heterocycles. The van der Waals surface area contributed by atoms with Crippen LogP contribution in [0.1, 0.15) is 29.0 Å². The summed E-state index contributed by atoms with van der Waals surface area (Å²) in [5.41, 5.74) is 3.93. The largest absolute Gasteiger partial charge is 0.487 e. The topological polar surface area (TPSA) is 108 Å². The van der Waals surface area contributed by atoms with Crippen LogP contribution in [0.2, 0.25) is 0 Å². The molecular weight excluding hydrogens is 508 g/mol. The highest BCUT2D eigenvalue weighted by atomic mass is 16.5. The SMILES string of the molecule is CN1CCN(Cc2ccc(NC(=O)N[C@@H]3C4Oc5ccc(Oc6ccnc7c6CCC(=O)N7)cc5[C@H]43)cc2)CC1. The Labute approximate surface area is 232 Å². The van der Waals surface area contributed by atoms with Crippen molar-refractivity contribution in [3.8, 4) is 17.2 Å². The van der Waals surface area contributed by atoms with Crippen LogP contribution in [0.25, 0.3) is 0 Å². The van der Waals surface area contributed by atoms with E-state index in [2.05, 4.69) is 49.9 Å². The summed E-state index contributed by atoms with van der Waals surface area (Å²) in [4.78, 5) is 33.5. The third-order valence-electron chi connectivity index (χ3n) is 8.17. The molecule has 40 heavy (non-hydrogen) atoms. The Kier molecular flexibility index (Phi) is 6.28. The summed E-state index contributed by atoms with van der Waals surface area (Å²) in [6.07, 6.45) is 2.55. The molecule has 1 unspecified atom stereocenters. The molecular formula is C30H32N6O4. The van der Waals surface area contributed by atoms with Gasteiger partial charge >= 0.3 is 6.03 Å². The van der Waals surface area contributed by atoms with Crippen LogP contribution in [0.4, 0.5) is 16.3 Å². The average Bonchev–Trinajstić information content (AvgIpc) is 3.46. The molecule has 0 radical (unpaired) electrons. The summed E-state index contributed by atoms with van der Waals surface area (Å²) in [6.45, 7) is 5.27. The van der Waals surface area contributed by atoms with Crippen molar-refractivity contribution in [2.24, 2.45) is 0 Å². The van der Waals surface area contributed by atoms with Crippen molar-refractivity contribution in [1.29, 1.82) is 0 Å². The number of carbonyl (C=O) groups excluding carboxylic acids is 2. The second-order valence-corrected chi connectivity index (χ2v) is 11.0. The number of anilines is 2. The van der Waals surface area contributed by atoms with Crippen molar-refractivity contribution in [2.75, 3.05) is 43.9 Å². The third-order valence-corrected chi connectivity index (χ3v) is 8.17. The summed E-state index contributed by atoms with van der Waals surface area (Å²) in [5, 5.41) is 8.82. The molecule has 3 N–H and O–H groups in total. The maximum absolute atomic E-state index is 12.8. The van der Waals surface area contributed by atoms with Crippen molar-refractivity contribution in [3.05, 3.63) is 71.4 Å². The summed E-state index contributed by atoms with van der Waals surface area (Å²) in [5.74, 6) is 2.79. The highest BCUT2D eigenvalue weighted by Crippen LogP contribution is 2.54. The number of nitrogens with zero attached hydrogens (tertiary/aromatic N) is 3. The predicted molar refractivity (Wildman–Crippen MR) is 150 cm³/mol. The summed E-state index contributed by atoms with van der Waals surface area (Å²) >= 11 is 0. The number of likely N-dealkylation sites (N-methyl/N-ethyl adjacent to an activating group) is 1. The zero-order valence-corrected chi connectivity index (χ0v) is 22.4. The monoisotopic (exact) mass is 540 g/mol. The Hall–Kier alpha value is -4.15. The normalized spacial score (nSPS) is 23.2. The smallest absolute Gasteiger partial charge is 0.319 e. The van der Waals surface area contributed by atoms with Crippen molar-refractivity contribution < 1.29 is 19.1 Å². The first-order valence-electron chi connectivity index (χ1n) is 13.8. The molecule has 0 bridgehead atoms. The Morgan fingerprint density at radius 2 is 1.93 bits per heavy atom. The van der Waals surface area contributed by atoms with Gasteiger partial charge < -0.3 is 30.3 Å². The molecule has 3 atom stereocenters. The van der Waals surface area contributed by atoms with Crippen LogP contribution in [0.15, 0.2) is 54.7 Å². The number of aromatic nitrogens is 1. The number of rotatable bonds is 6. The van der Waals surface area contributed by atoms with Gasteiger partial charge in [-0.25, -0.2) is 9.78 Å². The molecule has 7 rings (SSSR count). The lowest BCUT2D eigenvalue weighted by molar-refractivity contribution is -0.116. The average molecular weight is 541 g/mol. The van der Waals surface area contributed by atoms with Gasteiger partial charge in [0, 0.05) is 62.2 Å². The van der Waals surface area contributed by atoms with Gasteiger partial charge in [0.15, 0.2) is 0 Å². The van der Waals surface area contributed by atoms with Crippen LogP contribution in [-0.2, 0) is 17.8 Å². The molecule has 3 aliphatic heterocycles. The number of hydrogen-bond donors (Lipinski definition) is 3. The van der Waals surface area contributed by atoms with E-state index in [0.29, 0.717) is 30.2 Å². The van der Waals surface area contributed by atoms with Crippen LogP contribution in [-0.4, -0.2) is 72.1 Å². The number of carbonyl (C=O) groups is 2. The Balaban J connectivity index is 0.950.